The Morgan fingerprint density at radius 3 is 2.33 bits per heavy atom. The van der Waals surface area contributed by atoms with E-state index in [1.807, 2.05) is 20.8 Å². The molecule has 0 aliphatic heterocycles. The molecule has 4 heteroatoms. The molecule has 0 aliphatic rings. The average molecular weight is 251 g/mol. The van der Waals surface area contributed by atoms with Crippen LogP contribution in [0, 0.1) is 12.3 Å². The summed E-state index contributed by atoms with van der Waals surface area (Å²) in [5, 5.41) is 0. The summed E-state index contributed by atoms with van der Waals surface area (Å²) < 4.78 is 10.6. The third-order valence-electron chi connectivity index (χ3n) is 3.15. The topological polar surface area (TPSA) is 61.5 Å². The molecule has 0 spiro atoms. The van der Waals surface area contributed by atoms with E-state index < -0.39 is 5.41 Å². The number of carbonyl (C=O) groups excluding carboxylic acids is 1. The summed E-state index contributed by atoms with van der Waals surface area (Å²) in [7, 11) is 3.14. The van der Waals surface area contributed by atoms with E-state index in [0.717, 1.165) is 5.56 Å². The van der Waals surface area contributed by atoms with Crippen molar-refractivity contribution in [3.8, 4) is 11.5 Å². The highest BCUT2D eigenvalue weighted by Gasteiger charge is 2.30. The van der Waals surface area contributed by atoms with Crippen molar-refractivity contribution in [2.75, 3.05) is 20.8 Å². The number of hydrogen-bond acceptors (Lipinski definition) is 4. The van der Waals surface area contributed by atoms with E-state index in [9.17, 15) is 4.79 Å². The Morgan fingerprint density at radius 1 is 1.28 bits per heavy atom. The molecular weight excluding hydrogens is 230 g/mol. The van der Waals surface area contributed by atoms with Gasteiger partial charge in [-0.15, -0.1) is 0 Å². The second kappa shape index (κ2) is 5.40. The molecule has 0 heterocycles. The van der Waals surface area contributed by atoms with Gasteiger partial charge in [-0.2, -0.15) is 0 Å². The van der Waals surface area contributed by atoms with E-state index in [1.54, 1.807) is 26.4 Å². The van der Waals surface area contributed by atoms with E-state index in [0.29, 0.717) is 23.6 Å². The molecule has 0 amide bonds. The van der Waals surface area contributed by atoms with Crippen LogP contribution in [0.3, 0.4) is 0 Å². The van der Waals surface area contributed by atoms with Gasteiger partial charge in [-0.1, -0.05) is 13.8 Å². The Balaban J connectivity index is 3.34. The van der Waals surface area contributed by atoms with Crippen molar-refractivity contribution in [2.24, 2.45) is 11.1 Å². The van der Waals surface area contributed by atoms with Gasteiger partial charge in [0.2, 0.25) is 0 Å². The van der Waals surface area contributed by atoms with Crippen LogP contribution in [0.5, 0.6) is 11.5 Å². The number of rotatable bonds is 5. The minimum atomic E-state index is -0.603. The van der Waals surface area contributed by atoms with Crippen molar-refractivity contribution >= 4 is 5.78 Å². The van der Waals surface area contributed by atoms with Crippen LogP contribution < -0.4 is 15.2 Å². The van der Waals surface area contributed by atoms with Crippen molar-refractivity contribution in [3.05, 3.63) is 23.3 Å². The van der Waals surface area contributed by atoms with Crippen LogP contribution in [0.25, 0.3) is 0 Å². The number of carbonyl (C=O) groups is 1. The van der Waals surface area contributed by atoms with Gasteiger partial charge in [0.05, 0.1) is 19.8 Å². The van der Waals surface area contributed by atoms with Crippen molar-refractivity contribution < 1.29 is 14.3 Å². The fraction of sp³-hybridized carbons (Fsp3) is 0.500. The zero-order valence-electron chi connectivity index (χ0n) is 11.7. The standard InChI is InChI=1S/C14H21NO3/c1-9-11(17-4)7-6-10(12(9)18-5)13(16)14(2,3)8-15/h6-7H,8,15H2,1-5H3. The Bertz CT molecular complexity index is 453. The van der Waals surface area contributed by atoms with Gasteiger partial charge in [-0.05, 0) is 19.1 Å². The molecule has 0 aromatic heterocycles. The van der Waals surface area contributed by atoms with Crippen molar-refractivity contribution in [1.29, 1.82) is 0 Å². The molecule has 1 rings (SSSR count). The zero-order chi connectivity index (χ0) is 13.9. The summed E-state index contributed by atoms with van der Waals surface area (Å²) in [6, 6.07) is 3.50. The summed E-state index contributed by atoms with van der Waals surface area (Å²) in [6.45, 7) is 5.81. The third-order valence-corrected chi connectivity index (χ3v) is 3.15. The van der Waals surface area contributed by atoms with Crippen LogP contribution in [0.2, 0.25) is 0 Å². The molecule has 0 bridgehead atoms. The quantitative estimate of drug-likeness (QED) is 0.815. The lowest BCUT2D eigenvalue weighted by atomic mass is 9.83. The fourth-order valence-corrected chi connectivity index (χ4v) is 1.79. The number of methoxy groups -OCH3 is 2. The Kier molecular flexibility index (Phi) is 4.35. The Labute approximate surface area is 108 Å². The molecule has 100 valence electrons. The van der Waals surface area contributed by atoms with Crippen molar-refractivity contribution in [3.63, 3.8) is 0 Å². The molecule has 4 nitrogen and oxygen atoms in total. The minimum Gasteiger partial charge on any atom is -0.496 e. The van der Waals surface area contributed by atoms with Crippen LogP contribution in [0.4, 0.5) is 0 Å². The number of benzene rings is 1. The third kappa shape index (κ3) is 2.48. The number of ketones is 1. The number of Topliss-reactive ketones (excluding diaryl/α,β-unsaturated/α-hetero) is 1. The molecular formula is C14H21NO3. The van der Waals surface area contributed by atoms with Crippen molar-refractivity contribution in [1.82, 2.24) is 0 Å². The molecule has 0 saturated heterocycles. The van der Waals surface area contributed by atoms with Gasteiger partial charge < -0.3 is 15.2 Å². The second-order valence-electron chi connectivity index (χ2n) is 4.89. The van der Waals surface area contributed by atoms with E-state index in [2.05, 4.69) is 0 Å². The molecule has 0 atom stereocenters. The zero-order valence-corrected chi connectivity index (χ0v) is 11.7. The number of ether oxygens (including phenoxy) is 2. The maximum Gasteiger partial charge on any atom is 0.173 e. The normalized spacial score (nSPS) is 11.2. The maximum atomic E-state index is 12.4. The lowest BCUT2D eigenvalue weighted by Crippen LogP contribution is -2.33. The second-order valence-corrected chi connectivity index (χ2v) is 4.89. The van der Waals surface area contributed by atoms with Crippen LogP contribution in [0.15, 0.2) is 12.1 Å². The Morgan fingerprint density at radius 2 is 1.89 bits per heavy atom. The van der Waals surface area contributed by atoms with E-state index in [-0.39, 0.29) is 5.78 Å². The van der Waals surface area contributed by atoms with Crippen molar-refractivity contribution in [2.45, 2.75) is 20.8 Å². The molecule has 0 radical (unpaired) electrons. The summed E-state index contributed by atoms with van der Waals surface area (Å²) in [4.78, 5) is 12.4. The van der Waals surface area contributed by atoms with Gasteiger partial charge in [0.15, 0.2) is 5.78 Å². The predicted molar refractivity (Wildman–Crippen MR) is 71.4 cm³/mol. The largest absolute Gasteiger partial charge is 0.496 e. The van der Waals surface area contributed by atoms with Gasteiger partial charge in [0.1, 0.15) is 11.5 Å². The minimum absolute atomic E-state index is 0.0207. The summed E-state index contributed by atoms with van der Waals surface area (Å²) in [5.74, 6) is 1.24. The Hall–Kier alpha value is -1.55. The van der Waals surface area contributed by atoms with Crippen LogP contribution >= 0.6 is 0 Å². The van der Waals surface area contributed by atoms with Gasteiger partial charge in [0.25, 0.3) is 0 Å². The van der Waals surface area contributed by atoms with Gasteiger partial charge in [0, 0.05) is 17.5 Å². The van der Waals surface area contributed by atoms with E-state index in [4.69, 9.17) is 15.2 Å². The highest BCUT2D eigenvalue weighted by molar-refractivity contribution is 6.03. The molecule has 0 unspecified atom stereocenters. The summed E-state index contributed by atoms with van der Waals surface area (Å²) >= 11 is 0. The van der Waals surface area contributed by atoms with Crippen LogP contribution in [0.1, 0.15) is 29.8 Å². The highest BCUT2D eigenvalue weighted by Crippen LogP contribution is 2.34. The lowest BCUT2D eigenvalue weighted by molar-refractivity contribution is 0.0844. The monoisotopic (exact) mass is 251 g/mol. The SMILES string of the molecule is COc1ccc(C(=O)C(C)(C)CN)c(OC)c1C. The molecule has 1 aromatic carbocycles. The van der Waals surface area contributed by atoms with Crippen LogP contribution in [-0.4, -0.2) is 26.5 Å². The molecule has 1 aromatic rings. The number of hydrogen-bond donors (Lipinski definition) is 1. The van der Waals surface area contributed by atoms with E-state index >= 15 is 0 Å². The highest BCUT2D eigenvalue weighted by atomic mass is 16.5. The predicted octanol–water partition coefficient (Wildman–Crippen LogP) is 2.18. The molecule has 0 saturated carbocycles. The maximum absolute atomic E-state index is 12.4. The molecule has 0 aliphatic carbocycles. The number of nitrogens with two attached hydrogens (primary N) is 1. The van der Waals surface area contributed by atoms with Gasteiger partial charge in [-0.3, -0.25) is 4.79 Å². The first-order valence-electron chi connectivity index (χ1n) is 5.85. The molecule has 0 fully saturated rings. The summed E-state index contributed by atoms with van der Waals surface area (Å²) in [6.07, 6.45) is 0. The fourth-order valence-electron chi connectivity index (χ4n) is 1.79. The van der Waals surface area contributed by atoms with Crippen LogP contribution in [-0.2, 0) is 0 Å². The smallest absolute Gasteiger partial charge is 0.173 e. The van der Waals surface area contributed by atoms with Gasteiger partial charge >= 0.3 is 0 Å². The van der Waals surface area contributed by atoms with Gasteiger partial charge in [-0.25, -0.2) is 0 Å². The molecule has 18 heavy (non-hydrogen) atoms. The molecule has 2 N–H and O–H groups in total. The lowest BCUT2D eigenvalue weighted by Gasteiger charge is -2.23. The average Bonchev–Trinajstić information content (AvgIpc) is 2.37. The first-order valence-corrected chi connectivity index (χ1v) is 5.85. The van der Waals surface area contributed by atoms with E-state index in [1.165, 1.54) is 0 Å². The first-order chi connectivity index (χ1) is 8.38. The summed E-state index contributed by atoms with van der Waals surface area (Å²) in [5.41, 5.74) is 6.41. The first kappa shape index (κ1) is 14.5.